The molecule has 144 valence electrons. The van der Waals surface area contributed by atoms with Gasteiger partial charge in [0.05, 0.1) is 12.1 Å². The Morgan fingerprint density at radius 1 is 1.03 bits per heavy atom. The molecule has 0 saturated carbocycles. The van der Waals surface area contributed by atoms with E-state index in [0.717, 1.165) is 33.6 Å². The minimum atomic E-state index is -0.0706. The number of rotatable bonds is 5. The van der Waals surface area contributed by atoms with Crippen molar-refractivity contribution in [3.8, 4) is 16.8 Å². The van der Waals surface area contributed by atoms with Crippen molar-refractivity contribution in [2.75, 3.05) is 5.32 Å². The molecule has 0 atom stereocenters. The normalized spacial score (nSPS) is 10.7. The Bertz CT molecular complexity index is 1140. The van der Waals surface area contributed by atoms with Crippen LogP contribution in [0.5, 0.6) is 0 Å². The van der Waals surface area contributed by atoms with Crippen LogP contribution in [0.15, 0.2) is 73.1 Å². The fraction of sp³-hybridized carbons (Fsp3) is 0.0909. The van der Waals surface area contributed by atoms with Crippen LogP contribution < -0.4 is 5.32 Å². The summed E-state index contributed by atoms with van der Waals surface area (Å²) in [5, 5.41) is 14.8. The standard InChI is InChI=1S/C22H18ClN5O/c1-15-11-18(17-3-2-4-19(23)13-17)7-10-21(15)25-22(29)12-16-5-8-20(9-6-16)28-14-24-26-27-28/h2-11,13-14H,12H2,1H3,(H,25,29). The zero-order valence-electron chi connectivity index (χ0n) is 15.7. The van der Waals surface area contributed by atoms with Crippen LogP contribution >= 0.6 is 11.6 Å². The molecule has 0 fully saturated rings. The predicted octanol–water partition coefficient (Wildman–Crippen LogP) is 4.47. The van der Waals surface area contributed by atoms with E-state index in [9.17, 15) is 4.79 Å². The highest BCUT2D eigenvalue weighted by molar-refractivity contribution is 6.30. The average Bonchev–Trinajstić information content (AvgIpc) is 3.25. The first-order chi connectivity index (χ1) is 14.1. The second-order valence-corrected chi connectivity index (χ2v) is 7.12. The van der Waals surface area contributed by atoms with Gasteiger partial charge in [-0.25, -0.2) is 4.68 Å². The molecule has 0 bridgehead atoms. The third kappa shape index (κ3) is 4.50. The van der Waals surface area contributed by atoms with Gasteiger partial charge < -0.3 is 5.32 Å². The predicted molar refractivity (Wildman–Crippen MR) is 113 cm³/mol. The van der Waals surface area contributed by atoms with E-state index < -0.39 is 0 Å². The summed E-state index contributed by atoms with van der Waals surface area (Å²) >= 11 is 6.08. The number of carbonyl (C=O) groups is 1. The van der Waals surface area contributed by atoms with Gasteiger partial charge in [0.2, 0.25) is 5.91 Å². The van der Waals surface area contributed by atoms with Gasteiger partial charge in [-0.05, 0) is 76.0 Å². The maximum atomic E-state index is 12.5. The Morgan fingerprint density at radius 3 is 2.52 bits per heavy atom. The molecule has 1 aromatic heterocycles. The van der Waals surface area contributed by atoms with Crippen LogP contribution in [0.2, 0.25) is 5.02 Å². The van der Waals surface area contributed by atoms with Gasteiger partial charge in [0.25, 0.3) is 0 Å². The molecule has 0 unspecified atom stereocenters. The zero-order valence-corrected chi connectivity index (χ0v) is 16.5. The number of amides is 1. The Kier molecular flexibility index (Phi) is 5.35. The van der Waals surface area contributed by atoms with Gasteiger partial charge in [-0.3, -0.25) is 4.79 Å². The van der Waals surface area contributed by atoms with Crippen molar-refractivity contribution in [3.05, 3.63) is 89.2 Å². The van der Waals surface area contributed by atoms with Crippen LogP contribution in [0.25, 0.3) is 16.8 Å². The number of nitrogens with zero attached hydrogens (tertiary/aromatic N) is 4. The molecule has 7 heteroatoms. The summed E-state index contributed by atoms with van der Waals surface area (Å²) in [4.78, 5) is 12.5. The molecule has 6 nitrogen and oxygen atoms in total. The maximum absolute atomic E-state index is 12.5. The largest absolute Gasteiger partial charge is 0.326 e. The lowest BCUT2D eigenvalue weighted by molar-refractivity contribution is -0.115. The average molecular weight is 404 g/mol. The Hall–Kier alpha value is -3.51. The van der Waals surface area contributed by atoms with Gasteiger partial charge in [-0.1, -0.05) is 41.9 Å². The monoisotopic (exact) mass is 403 g/mol. The Morgan fingerprint density at radius 2 is 1.83 bits per heavy atom. The number of tetrazole rings is 1. The number of nitrogens with one attached hydrogen (secondary N) is 1. The van der Waals surface area contributed by atoms with Crippen LogP contribution in [0, 0.1) is 6.92 Å². The summed E-state index contributed by atoms with van der Waals surface area (Å²) < 4.78 is 1.56. The molecule has 3 aromatic carbocycles. The number of anilines is 1. The highest BCUT2D eigenvalue weighted by Crippen LogP contribution is 2.27. The zero-order chi connectivity index (χ0) is 20.2. The number of benzene rings is 3. The topological polar surface area (TPSA) is 72.7 Å². The fourth-order valence-corrected chi connectivity index (χ4v) is 3.27. The van der Waals surface area contributed by atoms with Crippen molar-refractivity contribution < 1.29 is 4.79 Å². The number of hydrogen-bond donors (Lipinski definition) is 1. The number of carbonyl (C=O) groups excluding carboxylic acids is 1. The molecule has 0 aliphatic rings. The first kappa shape index (κ1) is 18.8. The summed E-state index contributed by atoms with van der Waals surface area (Å²) in [5.74, 6) is -0.0706. The van der Waals surface area contributed by atoms with Crippen molar-refractivity contribution in [2.24, 2.45) is 0 Å². The van der Waals surface area contributed by atoms with Crippen molar-refractivity contribution in [2.45, 2.75) is 13.3 Å². The van der Waals surface area contributed by atoms with E-state index >= 15 is 0 Å². The quantitative estimate of drug-likeness (QED) is 0.533. The third-order valence-corrected chi connectivity index (χ3v) is 4.81. The summed E-state index contributed by atoms with van der Waals surface area (Å²) in [5.41, 5.74) is 5.64. The van der Waals surface area contributed by atoms with E-state index in [4.69, 9.17) is 11.6 Å². The minimum absolute atomic E-state index is 0.0706. The molecule has 1 N–H and O–H groups in total. The lowest BCUT2D eigenvalue weighted by Gasteiger charge is -2.11. The fourth-order valence-electron chi connectivity index (χ4n) is 3.08. The van der Waals surface area contributed by atoms with Crippen LogP contribution in [0.4, 0.5) is 5.69 Å². The minimum Gasteiger partial charge on any atom is -0.326 e. The third-order valence-electron chi connectivity index (χ3n) is 4.57. The van der Waals surface area contributed by atoms with E-state index in [-0.39, 0.29) is 12.3 Å². The summed E-state index contributed by atoms with van der Waals surface area (Å²) in [7, 11) is 0. The second-order valence-electron chi connectivity index (χ2n) is 6.69. The second kappa shape index (κ2) is 8.24. The van der Waals surface area contributed by atoms with Gasteiger partial charge in [0, 0.05) is 10.7 Å². The molecule has 0 radical (unpaired) electrons. The number of halogens is 1. The smallest absolute Gasteiger partial charge is 0.228 e. The molecule has 0 aliphatic carbocycles. The van der Waals surface area contributed by atoms with Gasteiger partial charge in [0.1, 0.15) is 6.33 Å². The van der Waals surface area contributed by atoms with E-state index in [2.05, 4.69) is 20.8 Å². The lowest BCUT2D eigenvalue weighted by Crippen LogP contribution is -2.15. The van der Waals surface area contributed by atoms with Crippen LogP contribution in [-0.2, 0) is 11.2 Å². The van der Waals surface area contributed by atoms with Gasteiger partial charge in [-0.15, -0.1) is 5.10 Å². The first-order valence-corrected chi connectivity index (χ1v) is 9.45. The molecule has 4 rings (SSSR count). The van der Waals surface area contributed by atoms with Crippen LogP contribution in [0.1, 0.15) is 11.1 Å². The van der Waals surface area contributed by atoms with Crippen molar-refractivity contribution in [1.82, 2.24) is 20.2 Å². The summed E-state index contributed by atoms with van der Waals surface area (Å²) in [6.45, 7) is 1.98. The van der Waals surface area contributed by atoms with Gasteiger partial charge in [0.15, 0.2) is 0 Å². The molecular formula is C22H18ClN5O. The summed E-state index contributed by atoms with van der Waals surface area (Å²) in [6.07, 6.45) is 1.81. The molecule has 1 heterocycles. The molecule has 0 aliphatic heterocycles. The van der Waals surface area contributed by atoms with Gasteiger partial charge in [-0.2, -0.15) is 0 Å². The highest BCUT2D eigenvalue weighted by Gasteiger charge is 2.08. The van der Waals surface area contributed by atoms with Crippen molar-refractivity contribution in [1.29, 1.82) is 0 Å². The van der Waals surface area contributed by atoms with Crippen molar-refractivity contribution in [3.63, 3.8) is 0 Å². The Balaban J connectivity index is 1.43. The first-order valence-electron chi connectivity index (χ1n) is 9.07. The Labute approximate surface area is 173 Å². The van der Waals surface area contributed by atoms with Crippen molar-refractivity contribution >= 4 is 23.2 Å². The van der Waals surface area contributed by atoms with Crippen LogP contribution in [0.3, 0.4) is 0 Å². The summed E-state index contributed by atoms with van der Waals surface area (Å²) in [6, 6.07) is 21.2. The molecular weight excluding hydrogens is 386 g/mol. The van der Waals surface area contributed by atoms with E-state index in [0.29, 0.717) is 5.02 Å². The SMILES string of the molecule is Cc1cc(-c2cccc(Cl)c2)ccc1NC(=O)Cc1ccc(-n2cnnn2)cc1. The van der Waals surface area contributed by atoms with Crippen LogP contribution in [-0.4, -0.2) is 26.1 Å². The number of aryl methyl sites for hydroxylation is 1. The number of aromatic nitrogens is 4. The molecule has 4 aromatic rings. The highest BCUT2D eigenvalue weighted by atomic mass is 35.5. The van der Waals surface area contributed by atoms with E-state index in [1.165, 1.54) is 6.33 Å². The van der Waals surface area contributed by atoms with E-state index in [1.54, 1.807) is 4.68 Å². The maximum Gasteiger partial charge on any atom is 0.228 e. The molecule has 29 heavy (non-hydrogen) atoms. The van der Waals surface area contributed by atoms with Gasteiger partial charge >= 0.3 is 0 Å². The molecule has 1 amide bonds. The molecule has 0 saturated heterocycles. The number of hydrogen-bond acceptors (Lipinski definition) is 4. The lowest BCUT2D eigenvalue weighted by atomic mass is 10.0. The van der Waals surface area contributed by atoms with E-state index in [1.807, 2.05) is 73.7 Å². The molecule has 0 spiro atoms.